The van der Waals surface area contributed by atoms with Crippen molar-refractivity contribution in [3.05, 3.63) is 78.1 Å². The predicted octanol–water partition coefficient (Wildman–Crippen LogP) is 5.29. The first kappa shape index (κ1) is 26.8. The van der Waals surface area contributed by atoms with Gasteiger partial charge in [0, 0.05) is 48.9 Å². The Morgan fingerprint density at radius 3 is 2.35 bits per heavy atom. The summed E-state index contributed by atoms with van der Waals surface area (Å²) < 4.78 is 16.7. The van der Waals surface area contributed by atoms with Crippen molar-refractivity contribution < 1.29 is 9.18 Å². The molecule has 3 rings (SSSR count). The van der Waals surface area contributed by atoms with E-state index in [9.17, 15) is 9.18 Å². The van der Waals surface area contributed by atoms with Crippen molar-refractivity contribution in [2.24, 2.45) is 0 Å². The van der Waals surface area contributed by atoms with E-state index in [-0.39, 0.29) is 18.3 Å². The molecule has 1 aromatic carbocycles. The van der Waals surface area contributed by atoms with Crippen LogP contribution in [0.4, 0.5) is 10.3 Å². The number of rotatable bonds is 8. The van der Waals surface area contributed by atoms with Gasteiger partial charge < -0.3 is 5.32 Å². The lowest BCUT2D eigenvalue weighted by Crippen LogP contribution is -2.24. The van der Waals surface area contributed by atoms with Gasteiger partial charge in [-0.25, -0.2) is 19.0 Å². The molecule has 0 aliphatic heterocycles. The van der Waals surface area contributed by atoms with Crippen LogP contribution in [0.1, 0.15) is 44.0 Å². The van der Waals surface area contributed by atoms with Crippen molar-refractivity contribution in [3.63, 3.8) is 0 Å². The zero-order chi connectivity index (χ0) is 25.1. The predicted molar refractivity (Wildman–Crippen MR) is 139 cm³/mol. The summed E-state index contributed by atoms with van der Waals surface area (Å²) in [5, 5.41) is 7.26. The van der Waals surface area contributed by atoms with Gasteiger partial charge in [0.05, 0.1) is 17.6 Å². The van der Waals surface area contributed by atoms with E-state index in [1.807, 2.05) is 17.6 Å². The van der Waals surface area contributed by atoms with Crippen molar-refractivity contribution in [3.8, 4) is 5.69 Å². The lowest BCUT2D eigenvalue weighted by molar-refractivity contribution is -0.115. The van der Waals surface area contributed by atoms with Crippen LogP contribution in [0.25, 0.3) is 17.3 Å². The fourth-order valence-electron chi connectivity index (χ4n) is 2.92. The highest BCUT2D eigenvalue weighted by Crippen LogP contribution is 2.24. The standard InChI is InChI=1S/C22H23FN6OS.C3H8/c1-5-18(21(30)24-11-15-12-25-22(26-13-15)28(3)31-4)19-14-27-29(20(19)6-2)17-9-7-16(23)8-10-17;1-3-2/h5-10,12-14H,2,11H2,1,3-4H3,(H,24,30);3H2,1-2H3/b18-5+;. The Morgan fingerprint density at radius 2 is 1.82 bits per heavy atom. The number of benzene rings is 1. The summed E-state index contributed by atoms with van der Waals surface area (Å²) in [6.45, 7) is 10.2. The number of nitrogens with zero attached hydrogens (tertiary/aromatic N) is 5. The van der Waals surface area contributed by atoms with Crippen LogP contribution in [0.2, 0.25) is 0 Å². The van der Waals surface area contributed by atoms with Gasteiger partial charge >= 0.3 is 0 Å². The Kier molecular flexibility index (Phi) is 10.5. The highest BCUT2D eigenvalue weighted by Gasteiger charge is 2.18. The van der Waals surface area contributed by atoms with Gasteiger partial charge in [-0.3, -0.25) is 9.10 Å². The van der Waals surface area contributed by atoms with Gasteiger partial charge in [-0.2, -0.15) is 5.10 Å². The van der Waals surface area contributed by atoms with E-state index in [0.717, 1.165) is 5.56 Å². The molecule has 0 spiro atoms. The van der Waals surface area contributed by atoms with Gasteiger partial charge in [-0.15, -0.1) is 0 Å². The van der Waals surface area contributed by atoms with Crippen LogP contribution in [-0.2, 0) is 11.3 Å². The fourth-order valence-corrected chi connectivity index (χ4v) is 3.18. The SMILES string of the molecule is C=Cc1c(/C(=C\C)C(=O)NCc2cnc(N(C)SC)nc2)cnn1-c1ccc(F)cc1.CCC. The van der Waals surface area contributed by atoms with E-state index in [4.69, 9.17) is 0 Å². The molecule has 0 saturated heterocycles. The lowest BCUT2D eigenvalue weighted by Gasteiger charge is -2.13. The molecule has 9 heteroatoms. The maximum Gasteiger partial charge on any atom is 0.251 e. The quantitative estimate of drug-likeness (QED) is 0.347. The number of carbonyl (C=O) groups is 1. The summed E-state index contributed by atoms with van der Waals surface area (Å²) in [6.07, 6.45) is 11.5. The molecule has 0 fully saturated rings. The van der Waals surface area contributed by atoms with Gasteiger partial charge in [-0.1, -0.05) is 44.9 Å². The molecule has 0 aliphatic rings. The van der Waals surface area contributed by atoms with Gasteiger partial charge in [0.1, 0.15) is 5.82 Å². The minimum atomic E-state index is -0.332. The summed E-state index contributed by atoms with van der Waals surface area (Å²) in [4.78, 5) is 21.5. The first-order chi connectivity index (χ1) is 16.4. The summed E-state index contributed by atoms with van der Waals surface area (Å²) in [6, 6.07) is 5.95. The third-order valence-corrected chi connectivity index (χ3v) is 5.31. The Bertz CT molecular complexity index is 1110. The first-order valence-electron chi connectivity index (χ1n) is 10.9. The molecule has 2 heterocycles. The highest BCUT2D eigenvalue weighted by molar-refractivity contribution is 7.99. The average Bonchev–Trinajstić information content (AvgIpc) is 3.27. The molecule has 0 radical (unpaired) electrons. The molecule has 2 aromatic heterocycles. The minimum Gasteiger partial charge on any atom is -0.348 e. The number of hydrogen-bond donors (Lipinski definition) is 1. The minimum absolute atomic E-state index is 0.255. The zero-order valence-corrected chi connectivity index (χ0v) is 21.1. The fraction of sp³-hybridized carbons (Fsp3) is 0.280. The van der Waals surface area contributed by atoms with Crippen LogP contribution in [0.5, 0.6) is 0 Å². The molecule has 34 heavy (non-hydrogen) atoms. The first-order valence-corrected chi connectivity index (χ1v) is 12.1. The summed E-state index contributed by atoms with van der Waals surface area (Å²) >= 11 is 1.51. The Hall–Kier alpha value is -3.46. The molecule has 0 bridgehead atoms. The van der Waals surface area contributed by atoms with E-state index in [1.165, 1.54) is 30.5 Å². The van der Waals surface area contributed by atoms with Crippen LogP contribution in [0.15, 0.2) is 55.5 Å². The molecule has 1 amide bonds. The van der Waals surface area contributed by atoms with E-state index < -0.39 is 0 Å². The number of halogens is 1. The number of anilines is 1. The molecule has 0 aliphatic carbocycles. The van der Waals surface area contributed by atoms with Gasteiger partial charge in [0.15, 0.2) is 0 Å². The third kappa shape index (κ3) is 6.77. The van der Waals surface area contributed by atoms with Gasteiger partial charge in [-0.05, 0) is 37.3 Å². The summed E-state index contributed by atoms with van der Waals surface area (Å²) in [5.74, 6) is 0.0111. The van der Waals surface area contributed by atoms with Crippen molar-refractivity contribution in [2.45, 2.75) is 33.7 Å². The smallest absolute Gasteiger partial charge is 0.251 e. The van der Waals surface area contributed by atoms with E-state index in [0.29, 0.717) is 28.5 Å². The van der Waals surface area contributed by atoms with Crippen LogP contribution in [-0.4, -0.2) is 39.0 Å². The molecule has 7 nitrogen and oxygen atoms in total. The van der Waals surface area contributed by atoms with Crippen molar-refractivity contribution in [1.82, 2.24) is 25.1 Å². The largest absolute Gasteiger partial charge is 0.348 e. The number of allylic oxidation sites excluding steroid dienone is 1. The maximum absolute atomic E-state index is 13.3. The van der Waals surface area contributed by atoms with Crippen molar-refractivity contribution >= 4 is 35.5 Å². The molecule has 3 aromatic rings. The number of amides is 1. The molecule has 1 N–H and O–H groups in total. The van der Waals surface area contributed by atoms with Crippen molar-refractivity contribution in [1.29, 1.82) is 0 Å². The van der Waals surface area contributed by atoms with Gasteiger partial charge in [0.25, 0.3) is 5.91 Å². The second-order valence-corrected chi connectivity index (χ2v) is 8.11. The van der Waals surface area contributed by atoms with Crippen LogP contribution < -0.4 is 9.62 Å². The van der Waals surface area contributed by atoms with Crippen LogP contribution in [0.3, 0.4) is 0 Å². The summed E-state index contributed by atoms with van der Waals surface area (Å²) in [7, 11) is 1.88. The topological polar surface area (TPSA) is 75.9 Å². The normalized spacial score (nSPS) is 10.8. The lowest BCUT2D eigenvalue weighted by atomic mass is 10.1. The highest BCUT2D eigenvalue weighted by atomic mass is 32.2. The summed E-state index contributed by atoms with van der Waals surface area (Å²) in [5.41, 5.74) is 3.19. The van der Waals surface area contributed by atoms with E-state index >= 15 is 0 Å². The van der Waals surface area contributed by atoms with Gasteiger partial charge in [0.2, 0.25) is 5.95 Å². The third-order valence-electron chi connectivity index (χ3n) is 4.59. The molecular formula is C25H31FN6OS. The Labute approximate surface area is 204 Å². The number of carbonyl (C=O) groups excluding carboxylic acids is 1. The van der Waals surface area contributed by atoms with E-state index in [1.54, 1.807) is 54.5 Å². The molecule has 0 atom stereocenters. The monoisotopic (exact) mass is 482 g/mol. The molecular weight excluding hydrogens is 451 g/mol. The second-order valence-electron chi connectivity index (χ2n) is 7.20. The maximum atomic E-state index is 13.3. The van der Waals surface area contributed by atoms with Crippen LogP contribution >= 0.6 is 11.9 Å². The molecule has 0 saturated carbocycles. The number of aromatic nitrogens is 4. The van der Waals surface area contributed by atoms with Crippen molar-refractivity contribution in [2.75, 3.05) is 17.6 Å². The zero-order valence-electron chi connectivity index (χ0n) is 20.2. The second kappa shape index (κ2) is 13.3. The Morgan fingerprint density at radius 1 is 1.21 bits per heavy atom. The molecule has 180 valence electrons. The number of nitrogens with one attached hydrogen (secondary N) is 1. The number of hydrogen-bond acceptors (Lipinski definition) is 6. The van der Waals surface area contributed by atoms with Crippen LogP contribution in [0, 0.1) is 5.82 Å². The Balaban J connectivity index is 0.00000129. The van der Waals surface area contributed by atoms with E-state index in [2.05, 4.69) is 40.8 Å². The average molecular weight is 483 g/mol. The molecule has 0 unspecified atom stereocenters.